The lowest BCUT2D eigenvalue weighted by Gasteiger charge is -2.13. The topological polar surface area (TPSA) is 20.2 Å². The molecule has 1 nitrogen and oxygen atoms in total. The summed E-state index contributed by atoms with van der Waals surface area (Å²) < 4.78 is 13.8. The molecule has 2 rings (SSSR count). The normalized spacial score (nSPS) is 12.5. The highest BCUT2D eigenvalue weighted by atomic mass is 79.9. The smallest absolute Gasteiger partial charge is 0.141 e. The van der Waals surface area contributed by atoms with E-state index in [0.717, 1.165) is 10.0 Å². The van der Waals surface area contributed by atoms with Crippen molar-refractivity contribution in [2.75, 3.05) is 0 Å². The first-order valence-corrected chi connectivity index (χ1v) is 6.14. The van der Waals surface area contributed by atoms with Crippen LogP contribution in [0.15, 0.2) is 46.9 Å². The number of benzene rings is 2. The monoisotopic (exact) mass is 314 g/mol. The Morgan fingerprint density at radius 1 is 1.18 bits per heavy atom. The van der Waals surface area contributed by atoms with Crippen LogP contribution in [0.25, 0.3) is 0 Å². The lowest BCUT2D eigenvalue weighted by atomic mass is 10.0. The molecule has 1 atom stereocenters. The molecule has 1 N–H and O–H groups in total. The van der Waals surface area contributed by atoms with E-state index in [1.54, 1.807) is 6.07 Å². The predicted octanol–water partition coefficient (Wildman–Crippen LogP) is 4.32. The van der Waals surface area contributed by atoms with Crippen LogP contribution in [0.5, 0.6) is 0 Å². The van der Waals surface area contributed by atoms with Crippen molar-refractivity contribution in [3.63, 3.8) is 0 Å². The quantitative estimate of drug-likeness (QED) is 0.875. The molecule has 0 unspecified atom stereocenters. The second kappa shape index (κ2) is 5.17. The van der Waals surface area contributed by atoms with Gasteiger partial charge in [-0.25, -0.2) is 4.39 Å². The van der Waals surface area contributed by atoms with E-state index < -0.39 is 11.9 Å². The Morgan fingerprint density at radius 3 is 2.53 bits per heavy atom. The summed E-state index contributed by atoms with van der Waals surface area (Å²) in [5, 5.41) is 10.2. The van der Waals surface area contributed by atoms with Gasteiger partial charge in [-0.3, -0.25) is 0 Å². The molecule has 17 heavy (non-hydrogen) atoms. The minimum absolute atomic E-state index is 0.00797. The van der Waals surface area contributed by atoms with Crippen LogP contribution >= 0.6 is 27.5 Å². The molecule has 0 aliphatic heterocycles. The van der Waals surface area contributed by atoms with Gasteiger partial charge in [0.15, 0.2) is 0 Å². The first-order chi connectivity index (χ1) is 8.09. The van der Waals surface area contributed by atoms with E-state index in [9.17, 15) is 9.50 Å². The second-order valence-electron chi connectivity index (χ2n) is 3.60. The highest BCUT2D eigenvalue weighted by Gasteiger charge is 2.14. The van der Waals surface area contributed by atoms with Gasteiger partial charge in [0.2, 0.25) is 0 Å². The average molecular weight is 316 g/mol. The van der Waals surface area contributed by atoms with E-state index in [-0.39, 0.29) is 5.02 Å². The fraction of sp³-hybridized carbons (Fsp3) is 0.0769. The third-order valence-electron chi connectivity index (χ3n) is 2.46. The predicted molar refractivity (Wildman–Crippen MR) is 69.6 cm³/mol. The van der Waals surface area contributed by atoms with E-state index in [2.05, 4.69) is 15.9 Å². The Hall–Kier alpha value is -0.900. The third kappa shape index (κ3) is 2.68. The molecule has 2 aromatic rings. The minimum Gasteiger partial charge on any atom is -0.384 e. The molecular formula is C13H9BrClFO. The summed E-state index contributed by atoms with van der Waals surface area (Å²) >= 11 is 9.05. The molecule has 0 saturated heterocycles. The summed E-state index contributed by atoms with van der Waals surface area (Å²) in [6.45, 7) is 0. The molecule has 0 heterocycles. The average Bonchev–Trinajstić information content (AvgIpc) is 2.32. The molecule has 0 aliphatic carbocycles. The number of rotatable bonds is 2. The van der Waals surface area contributed by atoms with Crippen molar-refractivity contribution >= 4 is 27.5 Å². The number of halogens is 3. The van der Waals surface area contributed by atoms with Gasteiger partial charge >= 0.3 is 0 Å². The maximum atomic E-state index is 13.0. The fourth-order valence-corrected chi connectivity index (χ4v) is 2.25. The van der Waals surface area contributed by atoms with Gasteiger partial charge in [0.05, 0.1) is 5.02 Å². The summed E-state index contributed by atoms with van der Waals surface area (Å²) in [6, 6.07) is 11.5. The van der Waals surface area contributed by atoms with Crippen molar-refractivity contribution in [1.29, 1.82) is 0 Å². The lowest BCUT2D eigenvalue weighted by molar-refractivity contribution is 0.219. The Morgan fingerprint density at radius 2 is 1.88 bits per heavy atom. The maximum absolute atomic E-state index is 13.0. The zero-order valence-electron chi connectivity index (χ0n) is 8.70. The molecule has 0 amide bonds. The summed E-state index contributed by atoms with van der Waals surface area (Å²) in [7, 11) is 0. The van der Waals surface area contributed by atoms with E-state index in [1.807, 2.05) is 18.2 Å². The number of hydrogen-bond donors (Lipinski definition) is 1. The summed E-state index contributed by atoms with van der Waals surface area (Å²) in [5.74, 6) is -0.491. The van der Waals surface area contributed by atoms with Crippen molar-refractivity contribution in [2.45, 2.75) is 6.10 Å². The van der Waals surface area contributed by atoms with E-state index in [0.29, 0.717) is 5.56 Å². The van der Waals surface area contributed by atoms with Crippen molar-refractivity contribution in [3.05, 3.63) is 68.9 Å². The van der Waals surface area contributed by atoms with Crippen LogP contribution in [0.3, 0.4) is 0 Å². The van der Waals surface area contributed by atoms with Crippen molar-refractivity contribution < 1.29 is 9.50 Å². The second-order valence-corrected chi connectivity index (χ2v) is 4.86. The van der Waals surface area contributed by atoms with Gasteiger partial charge in [0.1, 0.15) is 11.9 Å². The van der Waals surface area contributed by atoms with Gasteiger partial charge in [-0.1, -0.05) is 51.8 Å². The molecule has 88 valence electrons. The van der Waals surface area contributed by atoms with Crippen molar-refractivity contribution in [1.82, 2.24) is 0 Å². The van der Waals surface area contributed by atoms with Crippen LogP contribution in [0.4, 0.5) is 4.39 Å². The Kier molecular flexibility index (Phi) is 3.82. The highest BCUT2D eigenvalue weighted by molar-refractivity contribution is 9.10. The first kappa shape index (κ1) is 12.6. The lowest BCUT2D eigenvalue weighted by Crippen LogP contribution is -2.00. The molecule has 2 aromatic carbocycles. The van der Waals surface area contributed by atoms with E-state index in [1.165, 1.54) is 18.2 Å². The van der Waals surface area contributed by atoms with E-state index >= 15 is 0 Å². The molecule has 0 saturated carbocycles. The largest absolute Gasteiger partial charge is 0.384 e. The molecule has 0 fully saturated rings. The molecule has 0 spiro atoms. The molecule has 0 radical (unpaired) electrons. The summed E-state index contributed by atoms with van der Waals surface area (Å²) in [6.07, 6.45) is -0.830. The summed E-state index contributed by atoms with van der Waals surface area (Å²) in [5.41, 5.74) is 1.28. The molecular weight excluding hydrogens is 306 g/mol. The van der Waals surface area contributed by atoms with Crippen LogP contribution in [-0.2, 0) is 0 Å². The first-order valence-electron chi connectivity index (χ1n) is 4.97. The van der Waals surface area contributed by atoms with Gasteiger partial charge < -0.3 is 5.11 Å². The van der Waals surface area contributed by atoms with Crippen molar-refractivity contribution in [3.8, 4) is 0 Å². The van der Waals surface area contributed by atoms with Gasteiger partial charge in [-0.05, 0) is 29.3 Å². The minimum atomic E-state index is -0.830. The van der Waals surface area contributed by atoms with Gasteiger partial charge in [0.25, 0.3) is 0 Å². The molecule has 0 bridgehead atoms. The zero-order chi connectivity index (χ0) is 12.4. The van der Waals surface area contributed by atoms with Crippen LogP contribution in [0.1, 0.15) is 17.2 Å². The molecule has 0 aliphatic rings. The Bertz CT molecular complexity index is 545. The summed E-state index contributed by atoms with van der Waals surface area (Å²) in [4.78, 5) is 0. The zero-order valence-corrected chi connectivity index (χ0v) is 11.0. The van der Waals surface area contributed by atoms with Gasteiger partial charge in [-0.15, -0.1) is 0 Å². The van der Waals surface area contributed by atoms with Crippen LogP contribution in [0.2, 0.25) is 5.02 Å². The van der Waals surface area contributed by atoms with Gasteiger partial charge in [0, 0.05) is 4.47 Å². The van der Waals surface area contributed by atoms with Crippen molar-refractivity contribution in [2.24, 2.45) is 0 Å². The van der Waals surface area contributed by atoms with Crippen LogP contribution in [-0.4, -0.2) is 5.11 Å². The van der Waals surface area contributed by atoms with E-state index in [4.69, 9.17) is 11.6 Å². The highest BCUT2D eigenvalue weighted by Crippen LogP contribution is 2.30. The standard InChI is InChI=1S/C13H9BrClFO/c14-10-4-2-1-3-9(10)13(17)8-5-6-12(16)11(15)7-8/h1-7,13,17H/t13-/m1/s1. The van der Waals surface area contributed by atoms with Crippen LogP contribution in [0, 0.1) is 5.82 Å². The Balaban J connectivity index is 2.40. The molecule has 4 heteroatoms. The number of hydrogen-bond acceptors (Lipinski definition) is 1. The third-order valence-corrected chi connectivity index (χ3v) is 3.47. The molecule has 0 aromatic heterocycles. The van der Waals surface area contributed by atoms with Gasteiger partial charge in [-0.2, -0.15) is 0 Å². The number of aliphatic hydroxyl groups is 1. The number of aliphatic hydroxyl groups excluding tert-OH is 1. The van der Waals surface area contributed by atoms with Crippen LogP contribution < -0.4 is 0 Å². The Labute approximate surface area is 112 Å². The maximum Gasteiger partial charge on any atom is 0.141 e. The SMILES string of the molecule is O[C@H](c1ccc(F)c(Cl)c1)c1ccccc1Br. The fourth-order valence-electron chi connectivity index (χ4n) is 1.56.